The highest BCUT2D eigenvalue weighted by Crippen LogP contribution is 2.35. The fraction of sp³-hybridized carbons (Fsp3) is 0.562. The van der Waals surface area contributed by atoms with Crippen molar-refractivity contribution < 1.29 is 22.7 Å². The van der Waals surface area contributed by atoms with Gasteiger partial charge >= 0.3 is 0 Å². The molecular weight excluding hydrogens is 354 g/mol. The van der Waals surface area contributed by atoms with Crippen LogP contribution in [0.3, 0.4) is 0 Å². The predicted molar refractivity (Wildman–Crippen MR) is 93.6 cm³/mol. The molecule has 1 aliphatic heterocycles. The van der Waals surface area contributed by atoms with Gasteiger partial charge in [-0.25, -0.2) is 8.42 Å². The monoisotopic (exact) mass is 375 g/mol. The zero-order valence-electron chi connectivity index (χ0n) is 14.2. The first-order chi connectivity index (χ1) is 11.2. The smallest absolute Gasteiger partial charge is 0.199 e. The lowest BCUT2D eigenvalue weighted by atomic mass is 10.1. The molecule has 2 rings (SSSR count). The molecule has 0 saturated carbocycles. The van der Waals surface area contributed by atoms with Crippen LogP contribution in [0.4, 0.5) is 0 Å². The van der Waals surface area contributed by atoms with Crippen molar-refractivity contribution in [2.45, 2.75) is 44.6 Å². The Hall–Kier alpha value is -1.47. The number of ether oxygens (including phenoxy) is 2. The van der Waals surface area contributed by atoms with Crippen molar-refractivity contribution in [3.63, 3.8) is 0 Å². The fourth-order valence-corrected chi connectivity index (χ4v) is 3.90. The van der Waals surface area contributed by atoms with Crippen LogP contribution in [0, 0.1) is 0 Å². The molecule has 0 N–H and O–H groups in total. The van der Waals surface area contributed by atoms with Gasteiger partial charge in [0, 0.05) is 12.0 Å². The minimum Gasteiger partial charge on any atom is -0.493 e. The SMILES string of the molecule is COc1cccc(CS(=O)(=O)C2=NOC(C)(CCl)C2)c1OC(C)C. The molecule has 8 heteroatoms. The highest BCUT2D eigenvalue weighted by molar-refractivity contribution is 8.05. The minimum atomic E-state index is -3.65. The van der Waals surface area contributed by atoms with Gasteiger partial charge in [-0.05, 0) is 26.8 Å². The molecule has 134 valence electrons. The highest BCUT2D eigenvalue weighted by Gasteiger charge is 2.39. The summed E-state index contributed by atoms with van der Waals surface area (Å²) in [5.74, 6) is 0.841. The molecule has 1 aliphatic rings. The molecule has 1 heterocycles. The van der Waals surface area contributed by atoms with E-state index >= 15 is 0 Å². The van der Waals surface area contributed by atoms with Gasteiger partial charge in [-0.2, -0.15) is 0 Å². The number of para-hydroxylation sites is 1. The Morgan fingerprint density at radius 2 is 2.12 bits per heavy atom. The first kappa shape index (κ1) is 18.9. The summed E-state index contributed by atoms with van der Waals surface area (Å²) in [5, 5.41) is 3.74. The van der Waals surface area contributed by atoms with Crippen molar-refractivity contribution in [2.24, 2.45) is 5.16 Å². The van der Waals surface area contributed by atoms with Crippen molar-refractivity contribution in [1.29, 1.82) is 0 Å². The number of sulfone groups is 1. The summed E-state index contributed by atoms with van der Waals surface area (Å²) >= 11 is 5.82. The number of rotatable bonds is 6. The van der Waals surface area contributed by atoms with E-state index < -0.39 is 15.4 Å². The van der Waals surface area contributed by atoms with Crippen LogP contribution in [0.1, 0.15) is 32.8 Å². The zero-order chi connectivity index (χ0) is 18.0. The van der Waals surface area contributed by atoms with Gasteiger partial charge in [-0.3, -0.25) is 0 Å². The summed E-state index contributed by atoms with van der Waals surface area (Å²) in [5.41, 5.74) is -0.263. The lowest BCUT2D eigenvalue weighted by Gasteiger charge is -2.18. The molecule has 0 radical (unpaired) electrons. The largest absolute Gasteiger partial charge is 0.493 e. The van der Waals surface area contributed by atoms with E-state index in [1.165, 1.54) is 7.11 Å². The molecule has 1 aromatic carbocycles. The van der Waals surface area contributed by atoms with E-state index in [-0.39, 0.29) is 29.2 Å². The van der Waals surface area contributed by atoms with Gasteiger partial charge in [0.2, 0.25) is 0 Å². The van der Waals surface area contributed by atoms with Gasteiger partial charge in [0.15, 0.2) is 32.0 Å². The van der Waals surface area contributed by atoms with Crippen molar-refractivity contribution in [2.75, 3.05) is 13.0 Å². The summed E-state index contributed by atoms with van der Waals surface area (Å²) in [6, 6.07) is 5.16. The molecule has 6 nitrogen and oxygen atoms in total. The Morgan fingerprint density at radius 1 is 1.42 bits per heavy atom. The van der Waals surface area contributed by atoms with E-state index in [9.17, 15) is 8.42 Å². The molecule has 0 aliphatic carbocycles. The number of hydrogen-bond donors (Lipinski definition) is 0. The quantitative estimate of drug-likeness (QED) is 0.714. The Balaban J connectivity index is 2.30. The lowest BCUT2D eigenvalue weighted by Crippen LogP contribution is -2.28. The third-order valence-corrected chi connectivity index (χ3v) is 5.71. The molecular formula is C16H22ClNO5S. The Labute approximate surface area is 147 Å². The van der Waals surface area contributed by atoms with Gasteiger partial charge in [0.1, 0.15) is 0 Å². The number of nitrogens with zero attached hydrogens (tertiary/aromatic N) is 1. The van der Waals surface area contributed by atoms with E-state index in [2.05, 4.69) is 5.16 Å². The van der Waals surface area contributed by atoms with Crippen LogP contribution in [-0.4, -0.2) is 38.2 Å². The van der Waals surface area contributed by atoms with E-state index in [4.69, 9.17) is 25.9 Å². The predicted octanol–water partition coefficient (Wildman–Crippen LogP) is 3.13. The second-order valence-corrected chi connectivity index (χ2v) is 8.47. The minimum absolute atomic E-state index is 0.00367. The van der Waals surface area contributed by atoms with Gasteiger partial charge in [-0.1, -0.05) is 17.3 Å². The molecule has 24 heavy (non-hydrogen) atoms. The maximum atomic E-state index is 12.7. The molecule has 0 aromatic heterocycles. The third-order valence-electron chi connectivity index (χ3n) is 3.51. The number of hydrogen-bond acceptors (Lipinski definition) is 6. The molecule has 1 unspecified atom stereocenters. The first-order valence-corrected chi connectivity index (χ1v) is 9.76. The van der Waals surface area contributed by atoms with Crippen LogP contribution >= 0.6 is 11.6 Å². The van der Waals surface area contributed by atoms with E-state index in [0.29, 0.717) is 17.1 Å². The molecule has 1 aromatic rings. The summed E-state index contributed by atoms with van der Waals surface area (Å²) in [6.07, 6.45) is 0.0397. The number of methoxy groups -OCH3 is 1. The van der Waals surface area contributed by atoms with E-state index in [1.54, 1.807) is 25.1 Å². The number of halogens is 1. The van der Waals surface area contributed by atoms with Crippen molar-refractivity contribution in [1.82, 2.24) is 0 Å². The number of alkyl halides is 1. The third kappa shape index (κ3) is 4.13. The van der Waals surface area contributed by atoms with Crippen LogP contribution in [0.15, 0.2) is 23.4 Å². The maximum Gasteiger partial charge on any atom is 0.199 e. The summed E-state index contributed by atoms with van der Waals surface area (Å²) in [4.78, 5) is 5.19. The maximum absolute atomic E-state index is 12.7. The van der Waals surface area contributed by atoms with Crippen LogP contribution in [0.5, 0.6) is 11.5 Å². The van der Waals surface area contributed by atoms with Crippen LogP contribution in [0.2, 0.25) is 0 Å². The Morgan fingerprint density at radius 3 is 2.67 bits per heavy atom. The second-order valence-electron chi connectivity index (χ2n) is 6.21. The average Bonchev–Trinajstić information content (AvgIpc) is 2.92. The van der Waals surface area contributed by atoms with Crippen molar-refractivity contribution >= 4 is 26.5 Å². The molecule has 0 amide bonds. The Bertz CT molecular complexity index is 732. The van der Waals surface area contributed by atoms with Crippen LogP contribution in [0.25, 0.3) is 0 Å². The zero-order valence-corrected chi connectivity index (χ0v) is 15.8. The number of oxime groups is 1. The molecule has 1 atom stereocenters. The highest BCUT2D eigenvalue weighted by atomic mass is 35.5. The summed E-state index contributed by atoms with van der Waals surface area (Å²) in [7, 11) is -2.13. The molecule has 0 fully saturated rings. The first-order valence-electron chi connectivity index (χ1n) is 7.57. The standard InChI is InChI=1S/C16H22ClNO5S/c1-11(2)22-15-12(6-5-7-13(15)21-4)9-24(19,20)14-8-16(3,10-17)23-18-14/h5-7,11H,8-10H2,1-4H3. The Kier molecular flexibility index (Phi) is 5.65. The van der Waals surface area contributed by atoms with Crippen molar-refractivity contribution in [3.8, 4) is 11.5 Å². The van der Waals surface area contributed by atoms with E-state index in [1.807, 2.05) is 13.8 Å². The van der Waals surface area contributed by atoms with Gasteiger partial charge in [0.25, 0.3) is 0 Å². The summed E-state index contributed by atoms with van der Waals surface area (Å²) < 4.78 is 36.4. The second kappa shape index (κ2) is 7.19. The summed E-state index contributed by atoms with van der Waals surface area (Å²) in [6.45, 7) is 5.46. The van der Waals surface area contributed by atoms with Crippen LogP contribution in [-0.2, 0) is 20.4 Å². The molecule has 0 saturated heterocycles. The topological polar surface area (TPSA) is 74.2 Å². The van der Waals surface area contributed by atoms with Crippen LogP contribution < -0.4 is 9.47 Å². The van der Waals surface area contributed by atoms with Gasteiger partial charge in [0.05, 0.1) is 24.8 Å². The van der Waals surface area contributed by atoms with Gasteiger partial charge in [-0.15, -0.1) is 11.6 Å². The molecule has 0 spiro atoms. The van der Waals surface area contributed by atoms with Crippen molar-refractivity contribution in [3.05, 3.63) is 23.8 Å². The number of benzene rings is 1. The van der Waals surface area contributed by atoms with Gasteiger partial charge < -0.3 is 14.3 Å². The molecule has 0 bridgehead atoms. The fourth-order valence-electron chi connectivity index (χ4n) is 2.28. The lowest BCUT2D eigenvalue weighted by molar-refractivity contribution is 0.0152. The van der Waals surface area contributed by atoms with E-state index in [0.717, 1.165) is 0 Å². The normalized spacial score (nSPS) is 20.7. The average molecular weight is 376 g/mol.